The number of aromatic nitrogens is 1. The van der Waals surface area contributed by atoms with Gasteiger partial charge in [0, 0.05) is 29.2 Å². The number of methoxy groups -OCH3 is 1. The van der Waals surface area contributed by atoms with Crippen LogP contribution in [0.2, 0.25) is 0 Å². The molecule has 3 rings (SSSR count). The van der Waals surface area contributed by atoms with E-state index in [0.717, 1.165) is 28.6 Å². The first-order chi connectivity index (χ1) is 11.2. The zero-order valence-electron chi connectivity index (χ0n) is 13.3. The first-order valence-electron chi connectivity index (χ1n) is 7.66. The highest BCUT2D eigenvalue weighted by atomic mass is 16.5. The third-order valence-corrected chi connectivity index (χ3v) is 3.97. The van der Waals surface area contributed by atoms with Crippen LogP contribution in [0, 0.1) is 6.92 Å². The molecule has 23 heavy (non-hydrogen) atoms. The third-order valence-electron chi connectivity index (χ3n) is 3.97. The first kappa shape index (κ1) is 15.2. The van der Waals surface area contributed by atoms with Gasteiger partial charge in [-0.2, -0.15) is 0 Å². The van der Waals surface area contributed by atoms with E-state index in [1.54, 1.807) is 7.11 Å². The Balaban J connectivity index is 1.64. The van der Waals surface area contributed by atoms with E-state index in [0.29, 0.717) is 12.1 Å². The fourth-order valence-electron chi connectivity index (χ4n) is 2.61. The van der Waals surface area contributed by atoms with Crippen LogP contribution < -0.4 is 10.1 Å². The standard InChI is InChI=1S/C19H20N2O2/c1-13-3-5-14(6-4-13)19(22)20-10-9-15-12-21-18-8-7-16(23-2)11-17(15)18/h3-8,11-12,21H,9-10H2,1-2H3,(H,20,22). The number of aryl methyl sites for hydroxylation is 1. The molecule has 0 saturated heterocycles. The Morgan fingerprint density at radius 1 is 1.17 bits per heavy atom. The number of carbonyl (C=O) groups excluding carboxylic acids is 1. The number of ether oxygens (including phenoxy) is 1. The molecule has 118 valence electrons. The Kier molecular flexibility index (Phi) is 4.33. The number of H-pyrrole nitrogens is 1. The van der Waals surface area contributed by atoms with Gasteiger partial charge in [0.05, 0.1) is 7.11 Å². The molecule has 1 amide bonds. The lowest BCUT2D eigenvalue weighted by molar-refractivity contribution is 0.0954. The molecule has 3 aromatic rings. The summed E-state index contributed by atoms with van der Waals surface area (Å²) in [5, 5.41) is 4.10. The maximum Gasteiger partial charge on any atom is 0.251 e. The smallest absolute Gasteiger partial charge is 0.251 e. The molecule has 0 radical (unpaired) electrons. The van der Waals surface area contributed by atoms with Crippen LogP contribution in [0.25, 0.3) is 10.9 Å². The Hall–Kier alpha value is -2.75. The van der Waals surface area contributed by atoms with Gasteiger partial charge in [0.15, 0.2) is 0 Å². The third kappa shape index (κ3) is 3.37. The van der Waals surface area contributed by atoms with Crippen LogP contribution in [0.1, 0.15) is 21.5 Å². The Labute approximate surface area is 135 Å². The molecule has 0 unspecified atom stereocenters. The molecule has 2 aromatic carbocycles. The lowest BCUT2D eigenvalue weighted by Gasteiger charge is -2.06. The number of hydrogen-bond acceptors (Lipinski definition) is 2. The highest BCUT2D eigenvalue weighted by Gasteiger charge is 2.07. The van der Waals surface area contributed by atoms with Crippen molar-refractivity contribution in [3.8, 4) is 5.75 Å². The van der Waals surface area contributed by atoms with Crippen LogP contribution in [0.5, 0.6) is 5.75 Å². The average molecular weight is 308 g/mol. The minimum atomic E-state index is -0.0394. The highest BCUT2D eigenvalue weighted by Crippen LogP contribution is 2.23. The molecule has 2 N–H and O–H groups in total. The van der Waals surface area contributed by atoms with Crippen LogP contribution in [-0.4, -0.2) is 24.5 Å². The summed E-state index contributed by atoms with van der Waals surface area (Å²) >= 11 is 0. The van der Waals surface area contributed by atoms with Gasteiger partial charge in [-0.25, -0.2) is 0 Å². The van der Waals surface area contributed by atoms with Crippen molar-refractivity contribution < 1.29 is 9.53 Å². The van der Waals surface area contributed by atoms with Crippen LogP contribution in [-0.2, 0) is 6.42 Å². The Morgan fingerprint density at radius 2 is 1.96 bits per heavy atom. The molecule has 0 saturated carbocycles. The second-order valence-electron chi connectivity index (χ2n) is 5.60. The van der Waals surface area contributed by atoms with Gasteiger partial charge < -0.3 is 15.0 Å². The normalized spacial score (nSPS) is 10.7. The van der Waals surface area contributed by atoms with Gasteiger partial charge in [0.25, 0.3) is 5.91 Å². The predicted octanol–water partition coefficient (Wildman–Crippen LogP) is 3.46. The summed E-state index contributed by atoms with van der Waals surface area (Å²) in [5.74, 6) is 0.796. The van der Waals surface area contributed by atoms with Crippen molar-refractivity contribution in [1.82, 2.24) is 10.3 Å². The summed E-state index contributed by atoms with van der Waals surface area (Å²) in [5.41, 5.74) is 4.08. The second-order valence-corrected chi connectivity index (χ2v) is 5.60. The lowest BCUT2D eigenvalue weighted by atomic mass is 10.1. The molecular weight excluding hydrogens is 288 g/mol. The summed E-state index contributed by atoms with van der Waals surface area (Å²) in [6.07, 6.45) is 2.76. The van der Waals surface area contributed by atoms with E-state index in [4.69, 9.17) is 4.74 Å². The van der Waals surface area contributed by atoms with Crippen molar-refractivity contribution in [1.29, 1.82) is 0 Å². The largest absolute Gasteiger partial charge is 0.497 e. The highest BCUT2D eigenvalue weighted by molar-refractivity contribution is 5.94. The van der Waals surface area contributed by atoms with E-state index >= 15 is 0 Å². The van der Waals surface area contributed by atoms with Gasteiger partial charge in [-0.15, -0.1) is 0 Å². The van der Waals surface area contributed by atoms with Crippen LogP contribution in [0.4, 0.5) is 0 Å². The molecule has 0 atom stereocenters. The van der Waals surface area contributed by atoms with Gasteiger partial charge in [-0.1, -0.05) is 17.7 Å². The molecule has 0 aliphatic carbocycles. The molecule has 0 aliphatic rings. The lowest BCUT2D eigenvalue weighted by Crippen LogP contribution is -2.25. The SMILES string of the molecule is COc1ccc2[nH]cc(CCNC(=O)c3ccc(C)cc3)c2c1. The number of carbonyl (C=O) groups is 1. The van der Waals surface area contributed by atoms with Crippen molar-refractivity contribution >= 4 is 16.8 Å². The fourth-order valence-corrected chi connectivity index (χ4v) is 2.61. The fraction of sp³-hybridized carbons (Fsp3) is 0.211. The summed E-state index contributed by atoms with van der Waals surface area (Å²) in [4.78, 5) is 15.4. The predicted molar refractivity (Wildman–Crippen MR) is 92.1 cm³/mol. The Bertz CT molecular complexity index is 819. The van der Waals surface area contributed by atoms with Gasteiger partial charge >= 0.3 is 0 Å². The monoisotopic (exact) mass is 308 g/mol. The number of fused-ring (bicyclic) bond motifs is 1. The molecule has 0 spiro atoms. The molecule has 1 heterocycles. The number of benzene rings is 2. The summed E-state index contributed by atoms with van der Waals surface area (Å²) in [7, 11) is 1.66. The maximum absolute atomic E-state index is 12.1. The molecule has 0 bridgehead atoms. The maximum atomic E-state index is 12.1. The van der Waals surface area contributed by atoms with Gasteiger partial charge in [0.1, 0.15) is 5.75 Å². The number of hydrogen-bond donors (Lipinski definition) is 2. The van der Waals surface area contributed by atoms with Gasteiger partial charge in [-0.05, 0) is 49.2 Å². The van der Waals surface area contributed by atoms with Crippen LogP contribution >= 0.6 is 0 Å². The average Bonchev–Trinajstić information content (AvgIpc) is 2.97. The van der Waals surface area contributed by atoms with Crippen molar-refractivity contribution in [2.45, 2.75) is 13.3 Å². The van der Waals surface area contributed by atoms with E-state index in [9.17, 15) is 4.79 Å². The first-order valence-corrected chi connectivity index (χ1v) is 7.66. The van der Waals surface area contributed by atoms with E-state index in [1.165, 1.54) is 5.56 Å². The topological polar surface area (TPSA) is 54.1 Å². The molecule has 0 aliphatic heterocycles. The van der Waals surface area contributed by atoms with Crippen molar-refractivity contribution in [2.24, 2.45) is 0 Å². The molecule has 4 nitrogen and oxygen atoms in total. The minimum absolute atomic E-state index is 0.0394. The van der Waals surface area contributed by atoms with Crippen LogP contribution in [0.15, 0.2) is 48.7 Å². The summed E-state index contributed by atoms with van der Waals surface area (Å²) < 4.78 is 5.27. The van der Waals surface area contributed by atoms with Crippen molar-refractivity contribution in [3.05, 3.63) is 65.4 Å². The van der Waals surface area contributed by atoms with Crippen molar-refractivity contribution in [3.63, 3.8) is 0 Å². The van der Waals surface area contributed by atoms with Crippen molar-refractivity contribution in [2.75, 3.05) is 13.7 Å². The number of nitrogens with one attached hydrogen (secondary N) is 2. The Morgan fingerprint density at radius 3 is 2.70 bits per heavy atom. The summed E-state index contributed by atoms with van der Waals surface area (Å²) in [6.45, 7) is 2.60. The van der Waals surface area contributed by atoms with Gasteiger partial charge in [0.2, 0.25) is 0 Å². The zero-order chi connectivity index (χ0) is 16.2. The van der Waals surface area contributed by atoms with E-state index in [-0.39, 0.29) is 5.91 Å². The second kappa shape index (κ2) is 6.57. The molecule has 4 heteroatoms. The molecule has 0 fully saturated rings. The zero-order valence-corrected chi connectivity index (χ0v) is 13.3. The number of rotatable bonds is 5. The number of amides is 1. The van der Waals surface area contributed by atoms with E-state index < -0.39 is 0 Å². The summed E-state index contributed by atoms with van der Waals surface area (Å²) in [6, 6.07) is 13.5. The molecular formula is C19H20N2O2. The van der Waals surface area contributed by atoms with E-state index in [2.05, 4.69) is 10.3 Å². The molecule has 1 aromatic heterocycles. The van der Waals surface area contributed by atoms with Crippen LogP contribution in [0.3, 0.4) is 0 Å². The minimum Gasteiger partial charge on any atom is -0.497 e. The quantitative estimate of drug-likeness (QED) is 0.758. The van der Waals surface area contributed by atoms with E-state index in [1.807, 2.05) is 55.6 Å². The number of aromatic amines is 1. The van der Waals surface area contributed by atoms with Gasteiger partial charge in [-0.3, -0.25) is 4.79 Å².